The minimum Gasteiger partial charge on any atom is -0.379 e. The first-order valence-electron chi connectivity index (χ1n) is 6.98. The first-order valence-corrected chi connectivity index (χ1v) is 6.98. The molecule has 0 spiro atoms. The van der Waals surface area contributed by atoms with Crippen LogP contribution in [0.3, 0.4) is 0 Å². The van der Waals surface area contributed by atoms with Crippen LogP contribution < -0.4 is 5.73 Å². The topological polar surface area (TPSA) is 38.5 Å². The Bertz CT molecular complexity index is 396. The van der Waals surface area contributed by atoms with E-state index in [1.807, 2.05) is 12.1 Å². The third-order valence-corrected chi connectivity index (χ3v) is 3.86. The van der Waals surface area contributed by atoms with E-state index in [4.69, 9.17) is 10.5 Å². The number of halogens is 1. The van der Waals surface area contributed by atoms with Gasteiger partial charge in [0, 0.05) is 18.6 Å². The van der Waals surface area contributed by atoms with Crippen LogP contribution in [-0.4, -0.2) is 36.7 Å². The summed E-state index contributed by atoms with van der Waals surface area (Å²) < 4.78 is 18.6. The number of hydrogen-bond donors (Lipinski definition) is 1. The largest absolute Gasteiger partial charge is 0.379 e. The highest BCUT2D eigenvalue weighted by Crippen LogP contribution is 2.28. The van der Waals surface area contributed by atoms with Crippen LogP contribution in [0.5, 0.6) is 0 Å². The lowest BCUT2D eigenvalue weighted by Crippen LogP contribution is -2.50. The van der Waals surface area contributed by atoms with Gasteiger partial charge in [-0.2, -0.15) is 0 Å². The minimum atomic E-state index is -0.206. The molecule has 3 nitrogen and oxygen atoms in total. The number of morpholine rings is 1. The summed E-state index contributed by atoms with van der Waals surface area (Å²) in [6, 6.07) is 7.22. The number of nitrogens with zero attached hydrogens (tertiary/aromatic N) is 1. The molecule has 3 atom stereocenters. The van der Waals surface area contributed by atoms with E-state index >= 15 is 0 Å². The Morgan fingerprint density at radius 2 is 2.11 bits per heavy atom. The van der Waals surface area contributed by atoms with Crippen molar-refractivity contribution in [2.75, 3.05) is 19.8 Å². The van der Waals surface area contributed by atoms with Gasteiger partial charge >= 0.3 is 0 Å². The van der Waals surface area contributed by atoms with Gasteiger partial charge in [0.2, 0.25) is 0 Å². The highest BCUT2D eigenvalue weighted by atomic mass is 19.1. The van der Waals surface area contributed by atoms with E-state index in [0.29, 0.717) is 6.04 Å². The van der Waals surface area contributed by atoms with Crippen LogP contribution in [0.4, 0.5) is 4.39 Å². The average molecular weight is 266 g/mol. The molecule has 3 unspecified atom stereocenters. The molecule has 0 aliphatic carbocycles. The summed E-state index contributed by atoms with van der Waals surface area (Å²) in [7, 11) is 0. The standard InChI is InChI=1S/C15H23FN2O/c1-3-14(17)15(12-4-6-13(16)7-5-12)18-8-9-19-10-11(18)2/h4-7,11,14-15H,3,8-10,17H2,1-2H3. The van der Waals surface area contributed by atoms with Crippen molar-refractivity contribution < 1.29 is 9.13 Å². The summed E-state index contributed by atoms with van der Waals surface area (Å²) >= 11 is 0. The van der Waals surface area contributed by atoms with E-state index in [1.54, 1.807) is 0 Å². The summed E-state index contributed by atoms with van der Waals surface area (Å²) in [6.45, 7) is 6.58. The van der Waals surface area contributed by atoms with E-state index < -0.39 is 0 Å². The van der Waals surface area contributed by atoms with Gasteiger partial charge in [-0.25, -0.2) is 4.39 Å². The zero-order valence-corrected chi connectivity index (χ0v) is 11.7. The lowest BCUT2D eigenvalue weighted by molar-refractivity contribution is -0.0282. The van der Waals surface area contributed by atoms with Crippen LogP contribution in [0.25, 0.3) is 0 Å². The fraction of sp³-hybridized carbons (Fsp3) is 0.600. The molecule has 1 aliphatic heterocycles. The molecule has 1 fully saturated rings. The van der Waals surface area contributed by atoms with Gasteiger partial charge in [-0.3, -0.25) is 4.90 Å². The maximum atomic E-state index is 13.1. The van der Waals surface area contributed by atoms with Gasteiger partial charge in [-0.15, -0.1) is 0 Å². The SMILES string of the molecule is CCC(N)C(c1ccc(F)cc1)N1CCOCC1C. The van der Waals surface area contributed by atoms with Crippen molar-refractivity contribution in [2.45, 2.75) is 38.4 Å². The van der Waals surface area contributed by atoms with Gasteiger partial charge in [0.05, 0.1) is 19.3 Å². The quantitative estimate of drug-likeness (QED) is 0.909. The Morgan fingerprint density at radius 1 is 1.42 bits per heavy atom. The zero-order chi connectivity index (χ0) is 13.8. The van der Waals surface area contributed by atoms with Gasteiger partial charge < -0.3 is 10.5 Å². The van der Waals surface area contributed by atoms with E-state index in [2.05, 4.69) is 18.7 Å². The molecule has 1 saturated heterocycles. The van der Waals surface area contributed by atoms with Gasteiger partial charge in [0.25, 0.3) is 0 Å². The lowest BCUT2D eigenvalue weighted by Gasteiger charge is -2.42. The van der Waals surface area contributed by atoms with Gasteiger partial charge in [-0.05, 0) is 31.0 Å². The molecule has 0 bridgehead atoms. The molecule has 0 amide bonds. The summed E-state index contributed by atoms with van der Waals surface area (Å²) in [5.41, 5.74) is 7.39. The monoisotopic (exact) mass is 266 g/mol. The first kappa shape index (κ1) is 14.4. The fourth-order valence-electron chi connectivity index (χ4n) is 2.72. The Balaban J connectivity index is 2.27. The number of rotatable bonds is 4. The third-order valence-electron chi connectivity index (χ3n) is 3.86. The van der Waals surface area contributed by atoms with Crippen LogP contribution in [-0.2, 0) is 4.74 Å². The Hall–Kier alpha value is -0.970. The number of nitrogens with two attached hydrogens (primary N) is 1. The number of benzene rings is 1. The second-order valence-corrected chi connectivity index (χ2v) is 5.23. The third kappa shape index (κ3) is 3.32. The van der Waals surface area contributed by atoms with Crippen molar-refractivity contribution in [3.05, 3.63) is 35.6 Å². The average Bonchev–Trinajstić information content (AvgIpc) is 2.43. The van der Waals surface area contributed by atoms with Crippen LogP contribution >= 0.6 is 0 Å². The van der Waals surface area contributed by atoms with E-state index in [1.165, 1.54) is 12.1 Å². The fourth-order valence-corrected chi connectivity index (χ4v) is 2.72. The van der Waals surface area contributed by atoms with Crippen LogP contribution in [0.15, 0.2) is 24.3 Å². The first-order chi connectivity index (χ1) is 9.13. The molecule has 19 heavy (non-hydrogen) atoms. The van der Waals surface area contributed by atoms with Crippen LogP contribution in [0.2, 0.25) is 0 Å². The van der Waals surface area contributed by atoms with Crippen molar-refractivity contribution in [3.63, 3.8) is 0 Å². The summed E-state index contributed by atoms with van der Waals surface area (Å²) in [6.07, 6.45) is 0.895. The molecule has 0 saturated carbocycles. The van der Waals surface area contributed by atoms with E-state index in [-0.39, 0.29) is 17.9 Å². The van der Waals surface area contributed by atoms with Crippen LogP contribution in [0, 0.1) is 5.82 Å². The molecule has 0 radical (unpaired) electrons. The van der Waals surface area contributed by atoms with Gasteiger partial charge in [-0.1, -0.05) is 19.1 Å². The van der Waals surface area contributed by atoms with Crippen molar-refractivity contribution in [1.29, 1.82) is 0 Å². The van der Waals surface area contributed by atoms with E-state index in [0.717, 1.165) is 31.7 Å². The highest BCUT2D eigenvalue weighted by Gasteiger charge is 2.31. The maximum absolute atomic E-state index is 13.1. The minimum absolute atomic E-state index is 0.0472. The molecule has 4 heteroatoms. The highest BCUT2D eigenvalue weighted by molar-refractivity contribution is 5.22. The molecule has 1 aromatic carbocycles. The van der Waals surface area contributed by atoms with Gasteiger partial charge in [0.1, 0.15) is 5.82 Å². The molecule has 0 aromatic heterocycles. The van der Waals surface area contributed by atoms with E-state index in [9.17, 15) is 4.39 Å². The molecular formula is C15H23FN2O. The van der Waals surface area contributed by atoms with Crippen molar-refractivity contribution >= 4 is 0 Å². The predicted octanol–water partition coefficient (Wildman–Crippen LogP) is 2.32. The summed E-state index contributed by atoms with van der Waals surface area (Å²) in [4.78, 5) is 2.38. The Kier molecular flexibility index (Phi) is 4.91. The molecule has 1 aliphatic rings. The molecule has 1 heterocycles. The second-order valence-electron chi connectivity index (χ2n) is 5.23. The Labute approximate surface area is 114 Å². The molecule has 2 N–H and O–H groups in total. The summed E-state index contributed by atoms with van der Waals surface area (Å²) in [5, 5.41) is 0. The predicted molar refractivity (Wildman–Crippen MR) is 74.4 cm³/mol. The lowest BCUT2D eigenvalue weighted by atomic mass is 9.94. The molecule has 2 rings (SSSR count). The van der Waals surface area contributed by atoms with Crippen molar-refractivity contribution in [3.8, 4) is 0 Å². The second kappa shape index (κ2) is 6.46. The van der Waals surface area contributed by atoms with Crippen molar-refractivity contribution in [1.82, 2.24) is 4.90 Å². The number of hydrogen-bond acceptors (Lipinski definition) is 3. The zero-order valence-electron chi connectivity index (χ0n) is 11.7. The van der Waals surface area contributed by atoms with Crippen molar-refractivity contribution in [2.24, 2.45) is 5.73 Å². The molecule has 106 valence electrons. The molecule has 1 aromatic rings. The maximum Gasteiger partial charge on any atom is 0.123 e. The summed E-state index contributed by atoms with van der Waals surface area (Å²) in [5.74, 6) is -0.206. The number of ether oxygens (including phenoxy) is 1. The van der Waals surface area contributed by atoms with Crippen LogP contribution in [0.1, 0.15) is 31.9 Å². The normalized spacial score (nSPS) is 24.1. The van der Waals surface area contributed by atoms with Gasteiger partial charge in [0.15, 0.2) is 0 Å². The smallest absolute Gasteiger partial charge is 0.123 e. The Morgan fingerprint density at radius 3 is 2.68 bits per heavy atom. The molecular weight excluding hydrogens is 243 g/mol.